The van der Waals surface area contributed by atoms with Crippen LogP contribution in [0.3, 0.4) is 0 Å². The van der Waals surface area contributed by atoms with Crippen LogP contribution >= 0.6 is 0 Å². The van der Waals surface area contributed by atoms with Gasteiger partial charge in [0.1, 0.15) is 23.5 Å². The molecule has 1 N–H and O–H groups in total. The second-order valence-corrected chi connectivity index (χ2v) is 4.59. The van der Waals surface area contributed by atoms with Crippen molar-refractivity contribution in [3.8, 4) is 17.7 Å². The Kier molecular flexibility index (Phi) is 5.86. The summed E-state index contributed by atoms with van der Waals surface area (Å²) in [6, 6.07) is 12.5. The molecular formula is C17H16N4O3. The lowest BCUT2D eigenvalue weighted by molar-refractivity contribution is -0.138. The fourth-order valence-corrected chi connectivity index (χ4v) is 1.77. The molecule has 0 radical (unpaired) electrons. The average Bonchev–Trinajstić information content (AvgIpc) is 2.56. The molecule has 0 amide bonds. The van der Waals surface area contributed by atoms with E-state index in [2.05, 4.69) is 15.3 Å². The summed E-state index contributed by atoms with van der Waals surface area (Å²) < 4.78 is 10.4. The van der Waals surface area contributed by atoms with Crippen LogP contribution in [-0.2, 0) is 9.53 Å². The van der Waals surface area contributed by atoms with Crippen molar-refractivity contribution in [2.75, 3.05) is 11.9 Å². The lowest BCUT2D eigenvalue weighted by Gasteiger charge is -2.08. The lowest BCUT2D eigenvalue weighted by Crippen LogP contribution is -2.08. The van der Waals surface area contributed by atoms with Gasteiger partial charge in [-0.05, 0) is 26.0 Å². The topological polar surface area (TPSA) is 97.1 Å². The molecule has 2 rings (SSSR count). The highest BCUT2D eigenvalue weighted by Gasteiger charge is 2.10. The van der Waals surface area contributed by atoms with Crippen LogP contribution in [0, 0.1) is 18.3 Å². The lowest BCUT2D eigenvalue weighted by atomic mass is 10.3. The van der Waals surface area contributed by atoms with E-state index >= 15 is 0 Å². The molecule has 2 aromatic rings. The third-order valence-electron chi connectivity index (χ3n) is 2.76. The van der Waals surface area contributed by atoms with Gasteiger partial charge < -0.3 is 14.8 Å². The van der Waals surface area contributed by atoms with E-state index in [1.54, 1.807) is 38.1 Å². The second-order valence-electron chi connectivity index (χ2n) is 4.59. The molecule has 0 saturated heterocycles. The highest BCUT2D eigenvalue weighted by atomic mass is 16.5. The number of anilines is 1. The molecule has 7 heteroatoms. The first-order valence-corrected chi connectivity index (χ1v) is 7.25. The normalized spacial score (nSPS) is 10.6. The first kappa shape index (κ1) is 17.0. The minimum Gasteiger partial charge on any atom is -0.462 e. The number of ether oxygens (including phenoxy) is 2. The van der Waals surface area contributed by atoms with Crippen LogP contribution in [0.1, 0.15) is 12.7 Å². The van der Waals surface area contributed by atoms with Crippen LogP contribution in [0.5, 0.6) is 11.6 Å². The number of aromatic nitrogens is 2. The van der Waals surface area contributed by atoms with Crippen LogP contribution in [0.15, 0.2) is 48.2 Å². The van der Waals surface area contributed by atoms with Gasteiger partial charge in [-0.3, -0.25) is 0 Å². The highest BCUT2D eigenvalue weighted by molar-refractivity contribution is 5.93. The Morgan fingerprint density at radius 2 is 2.08 bits per heavy atom. The predicted molar refractivity (Wildman–Crippen MR) is 87.2 cm³/mol. The predicted octanol–water partition coefficient (Wildman–Crippen LogP) is 2.96. The van der Waals surface area contributed by atoms with Crippen molar-refractivity contribution in [3.05, 3.63) is 54.0 Å². The maximum absolute atomic E-state index is 11.6. The molecule has 0 atom stereocenters. The molecule has 7 nitrogen and oxygen atoms in total. The van der Waals surface area contributed by atoms with Gasteiger partial charge in [-0.2, -0.15) is 10.2 Å². The van der Waals surface area contributed by atoms with Crippen molar-refractivity contribution in [2.45, 2.75) is 13.8 Å². The second kappa shape index (κ2) is 8.29. The quantitative estimate of drug-likeness (QED) is 0.495. The van der Waals surface area contributed by atoms with Crippen LogP contribution in [0.25, 0.3) is 0 Å². The summed E-state index contributed by atoms with van der Waals surface area (Å²) in [5, 5.41) is 11.8. The number of para-hydroxylation sites is 1. The van der Waals surface area contributed by atoms with Gasteiger partial charge in [-0.1, -0.05) is 18.2 Å². The Balaban J connectivity index is 2.16. The molecule has 0 unspecified atom stereocenters. The zero-order valence-electron chi connectivity index (χ0n) is 13.3. The van der Waals surface area contributed by atoms with E-state index in [0.717, 1.165) is 0 Å². The molecule has 0 spiro atoms. The fourth-order valence-electron chi connectivity index (χ4n) is 1.77. The van der Waals surface area contributed by atoms with Crippen LogP contribution in [0.4, 0.5) is 5.82 Å². The molecule has 1 aromatic carbocycles. The highest BCUT2D eigenvalue weighted by Crippen LogP contribution is 2.21. The number of aryl methyl sites for hydroxylation is 1. The van der Waals surface area contributed by atoms with E-state index in [1.807, 2.05) is 18.2 Å². The molecule has 0 fully saturated rings. The number of carbonyl (C=O) groups is 1. The number of rotatable bonds is 6. The number of hydrogen-bond acceptors (Lipinski definition) is 7. The van der Waals surface area contributed by atoms with E-state index < -0.39 is 5.97 Å². The van der Waals surface area contributed by atoms with Crippen molar-refractivity contribution >= 4 is 11.8 Å². The molecule has 0 bridgehead atoms. The first-order chi connectivity index (χ1) is 11.6. The Morgan fingerprint density at radius 3 is 2.75 bits per heavy atom. The van der Waals surface area contributed by atoms with E-state index in [1.165, 1.54) is 6.20 Å². The molecule has 0 aliphatic carbocycles. The van der Waals surface area contributed by atoms with E-state index in [0.29, 0.717) is 23.3 Å². The standard InChI is InChI=1S/C17H16N4O3/c1-3-23-17(22)13(10-18)11-19-15-9-16(21-12(2)20-15)24-14-7-5-4-6-8-14/h4-9,11H,3H2,1-2H3,(H,19,20,21)/b13-11-. The molecule has 122 valence electrons. The van der Waals surface area contributed by atoms with E-state index in [-0.39, 0.29) is 12.2 Å². The number of nitrogens with one attached hydrogen (secondary N) is 1. The Labute approximate surface area is 139 Å². The summed E-state index contributed by atoms with van der Waals surface area (Å²) in [7, 11) is 0. The maximum Gasteiger partial charge on any atom is 0.350 e. The largest absolute Gasteiger partial charge is 0.462 e. The maximum atomic E-state index is 11.6. The van der Waals surface area contributed by atoms with Crippen LogP contribution < -0.4 is 10.1 Å². The van der Waals surface area contributed by atoms with Crippen molar-refractivity contribution < 1.29 is 14.3 Å². The summed E-state index contributed by atoms with van der Waals surface area (Å²) >= 11 is 0. The number of carbonyl (C=O) groups excluding carboxylic acids is 1. The van der Waals surface area contributed by atoms with Gasteiger partial charge >= 0.3 is 5.97 Å². The number of hydrogen-bond donors (Lipinski definition) is 1. The van der Waals surface area contributed by atoms with Gasteiger partial charge in [0.05, 0.1) is 6.61 Å². The van der Waals surface area contributed by atoms with Gasteiger partial charge in [-0.25, -0.2) is 9.78 Å². The summed E-state index contributed by atoms with van der Waals surface area (Å²) in [5.41, 5.74) is -0.154. The van der Waals surface area contributed by atoms with Gasteiger partial charge in [0.15, 0.2) is 5.57 Å². The molecule has 1 heterocycles. The molecule has 24 heavy (non-hydrogen) atoms. The smallest absolute Gasteiger partial charge is 0.350 e. The molecule has 1 aromatic heterocycles. The molecule has 0 saturated carbocycles. The summed E-state index contributed by atoms with van der Waals surface area (Å²) in [6.07, 6.45) is 1.24. The Hall–Kier alpha value is -3.40. The van der Waals surface area contributed by atoms with Crippen LogP contribution in [-0.4, -0.2) is 22.5 Å². The van der Waals surface area contributed by atoms with Gasteiger partial charge in [0.2, 0.25) is 5.88 Å². The van der Waals surface area contributed by atoms with E-state index in [4.69, 9.17) is 14.7 Å². The number of nitrogens with zero attached hydrogens (tertiary/aromatic N) is 3. The van der Waals surface area contributed by atoms with Crippen molar-refractivity contribution in [1.29, 1.82) is 5.26 Å². The van der Waals surface area contributed by atoms with E-state index in [9.17, 15) is 4.79 Å². The third-order valence-corrected chi connectivity index (χ3v) is 2.76. The Bertz CT molecular complexity index is 782. The minimum atomic E-state index is -0.695. The minimum absolute atomic E-state index is 0.154. The monoisotopic (exact) mass is 324 g/mol. The molecular weight excluding hydrogens is 308 g/mol. The summed E-state index contributed by atoms with van der Waals surface area (Å²) in [6.45, 7) is 3.57. The van der Waals surface area contributed by atoms with Crippen LogP contribution in [0.2, 0.25) is 0 Å². The number of nitriles is 1. The number of benzene rings is 1. The Morgan fingerprint density at radius 1 is 1.33 bits per heavy atom. The zero-order valence-corrected chi connectivity index (χ0v) is 13.3. The number of esters is 1. The molecule has 0 aliphatic heterocycles. The van der Waals surface area contributed by atoms with Crippen molar-refractivity contribution in [3.63, 3.8) is 0 Å². The third kappa shape index (κ3) is 4.81. The fraction of sp³-hybridized carbons (Fsp3) is 0.176. The van der Waals surface area contributed by atoms with Gasteiger partial charge in [-0.15, -0.1) is 0 Å². The van der Waals surface area contributed by atoms with Gasteiger partial charge in [0.25, 0.3) is 0 Å². The van der Waals surface area contributed by atoms with Gasteiger partial charge in [0, 0.05) is 12.3 Å². The molecule has 0 aliphatic rings. The summed E-state index contributed by atoms with van der Waals surface area (Å²) in [5.74, 6) is 1.17. The SMILES string of the molecule is CCOC(=O)/C(C#N)=C\Nc1cc(Oc2ccccc2)nc(C)n1. The average molecular weight is 324 g/mol. The summed E-state index contributed by atoms with van der Waals surface area (Å²) in [4.78, 5) is 19.9. The first-order valence-electron chi connectivity index (χ1n) is 7.25. The zero-order chi connectivity index (χ0) is 17.4. The van der Waals surface area contributed by atoms with Crippen molar-refractivity contribution in [2.24, 2.45) is 0 Å². The van der Waals surface area contributed by atoms with Crippen molar-refractivity contribution in [1.82, 2.24) is 9.97 Å².